The molecule has 0 aromatic heterocycles. The zero-order valence-corrected chi connectivity index (χ0v) is 12.7. The average Bonchev–Trinajstić information content (AvgIpc) is 2.42. The van der Waals surface area contributed by atoms with Gasteiger partial charge in [0, 0.05) is 17.0 Å². The molecule has 19 heavy (non-hydrogen) atoms. The van der Waals surface area contributed by atoms with Crippen LogP contribution in [-0.2, 0) is 6.42 Å². The van der Waals surface area contributed by atoms with Crippen molar-refractivity contribution in [3.8, 4) is 0 Å². The van der Waals surface area contributed by atoms with Crippen LogP contribution < -0.4 is 5.73 Å². The second kappa shape index (κ2) is 7.51. The normalized spacial score (nSPS) is 18.5. The highest BCUT2D eigenvalue weighted by atomic mass is 35.5. The van der Waals surface area contributed by atoms with Crippen molar-refractivity contribution in [2.45, 2.75) is 49.8 Å². The quantitative estimate of drug-likeness (QED) is 0.871. The van der Waals surface area contributed by atoms with Crippen LogP contribution in [0.3, 0.4) is 0 Å². The topological polar surface area (TPSA) is 26.0 Å². The molecule has 1 aromatic carbocycles. The van der Waals surface area contributed by atoms with Gasteiger partial charge in [-0.2, -0.15) is 11.8 Å². The van der Waals surface area contributed by atoms with Gasteiger partial charge < -0.3 is 5.73 Å². The maximum Gasteiger partial charge on any atom is 0.142 e. The number of rotatable bonds is 5. The lowest BCUT2D eigenvalue weighted by Gasteiger charge is -2.22. The van der Waals surface area contributed by atoms with Crippen LogP contribution in [0, 0.1) is 5.82 Å². The molecule has 0 radical (unpaired) electrons. The molecule has 1 fully saturated rings. The molecule has 1 atom stereocenters. The summed E-state index contributed by atoms with van der Waals surface area (Å²) in [5.41, 5.74) is 7.06. The molecule has 1 saturated carbocycles. The Hall–Kier alpha value is -0.250. The van der Waals surface area contributed by atoms with E-state index in [9.17, 15) is 4.39 Å². The minimum Gasteiger partial charge on any atom is -0.327 e. The monoisotopic (exact) mass is 301 g/mol. The van der Waals surface area contributed by atoms with E-state index in [1.807, 2.05) is 17.8 Å². The van der Waals surface area contributed by atoms with Crippen molar-refractivity contribution in [3.63, 3.8) is 0 Å². The lowest BCUT2D eigenvalue weighted by Crippen LogP contribution is -2.27. The average molecular weight is 302 g/mol. The summed E-state index contributed by atoms with van der Waals surface area (Å²) in [6.07, 6.45) is 7.46. The van der Waals surface area contributed by atoms with Crippen molar-refractivity contribution in [3.05, 3.63) is 34.6 Å². The summed E-state index contributed by atoms with van der Waals surface area (Å²) < 4.78 is 13.3. The molecule has 1 aliphatic carbocycles. The van der Waals surface area contributed by atoms with Gasteiger partial charge in [-0.05, 0) is 37.0 Å². The molecular weight excluding hydrogens is 281 g/mol. The highest BCUT2D eigenvalue weighted by Crippen LogP contribution is 2.28. The fourth-order valence-electron chi connectivity index (χ4n) is 2.52. The van der Waals surface area contributed by atoms with Crippen molar-refractivity contribution < 1.29 is 4.39 Å². The van der Waals surface area contributed by atoms with Gasteiger partial charge >= 0.3 is 0 Å². The van der Waals surface area contributed by atoms with Crippen LogP contribution in [0.25, 0.3) is 0 Å². The number of halogens is 2. The third kappa shape index (κ3) is 4.97. The second-order valence-corrected chi connectivity index (χ2v) is 7.05. The number of nitrogens with two attached hydrogens (primary N) is 1. The Labute approximate surface area is 124 Å². The van der Waals surface area contributed by atoms with E-state index >= 15 is 0 Å². The maximum atomic E-state index is 13.3. The number of thioether (sulfide) groups is 1. The first-order valence-electron chi connectivity index (χ1n) is 6.96. The molecule has 0 saturated heterocycles. The molecule has 1 unspecified atom stereocenters. The summed E-state index contributed by atoms with van der Waals surface area (Å²) in [4.78, 5) is 0. The van der Waals surface area contributed by atoms with Gasteiger partial charge in [-0.3, -0.25) is 0 Å². The number of hydrogen-bond donors (Lipinski definition) is 1. The van der Waals surface area contributed by atoms with E-state index in [1.165, 1.54) is 38.2 Å². The molecular formula is C15H21ClFNS. The molecule has 1 aromatic rings. The first-order chi connectivity index (χ1) is 9.15. The van der Waals surface area contributed by atoms with Crippen LogP contribution in [0.4, 0.5) is 4.39 Å². The molecule has 0 aliphatic heterocycles. The molecule has 0 bridgehead atoms. The maximum absolute atomic E-state index is 13.3. The third-order valence-corrected chi connectivity index (χ3v) is 5.45. The van der Waals surface area contributed by atoms with Crippen LogP contribution in [0.1, 0.15) is 37.7 Å². The Balaban J connectivity index is 1.76. The lowest BCUT2D eigenvalue weighted by atomic mass is 10.0. The van der Waals surface area contributed by atoms with Gasteiger partial charge in [0.15, 0.2) is 0 Å². The molecule has 0 spiro atoms. The molecule has 2 N–H and O–H groups in total. The minimum atomic E-state index is -0.355. The summed E-state index contributed by atoms with van der Waals surface area (Å²) in [5.74, 6) is 0.598. The third-order valence-electron chi connectivity index (χ3n) is 3.58. The van der Waals surface area contributed by atoms with Gasteiger partial charge in [-0.15, -0.1) is 0 Å². The van der Waals surface area contributed by atoms with E-state index in [4.69, 9.17) is 17.3 Å². The largest absolute Gasteiger partial charge is 0.327 e. The molecule has 1 aliphatic rings. The van der Waals surface area contributed by atoms with Gasteiger partial charge in [0.2, 0.25) is 0 Å². The second-order valence-electron chi connectivity index (χ2n) is 5.31. The van der Waals surface area contributed by atoms with E-state index in [-0.39, 0.29) is 16.9 Å². The molecule has 0 amide bonds. The molecule has 1 nitrogen and oxygen atoms in total. The Morgan fingerprint density at radius 3 is 2.74 bits per heavy atom. The smallest absolute Gasteiger partial charge is 0.142 e. The predicted molar refractivity (Wildman–Crippen MR) is 82.4 cm³/mol. The van der Waals surface area contributed by atoms with Crippen molar-refractivity contribution >= 4 is 23.4 Å². The Kier molecular flexibility index (Phi) is 5.99. The zero-order valence-electron chi connectivity index (χ0n) is 11.1. The van der Waals surface area contributed by atoms with Gasteiger partial charge in [0.25, 0.3) is 0 Å². The van der Waals surface area contributed by atoms with Gasteiger partial charge in [-0.1, -0.05) is 36.9 Å². The molecule has 0 heterocycles. The Morgan fingerprint density at radius 2 is 2.05 bits per heavy atom. The van der Waals surface area contributed by atoms with Crippen LogP contribution in [0.15, 0.2) is 18.2 Å². The Bertz CT molecular complexity index is 407. The minimum absolute atomic E-state index is 0.0903. The van der Waals surface area contributed by atoms with E-state index < -0.39 is 0 Å². The van der Waals surface area contributed by atoms with Crippen LogP contribution >= 0.6 is 23.4 Å². The summed E-state index contributed by atoms with van der Waals surface area (Å²) in [6.45, 7) is 0. The van der Waals surface area contributed by atoms with E-state index in [2.05, 4.69) is 0 Å². The van der Waals surface area contributed by atoms with Gasteiger partial charge in [-0.25, -0.2) is 4.39 Å². The molecule has 4 heteroatoms. The summed E-state index contributed by atoms with van der Waals surface area (Å²) in [5, 5.41) is 0.954. The molecule has 106 valence electrons. The van der Waals surface area contributed by atoms with E-state index in [0.29, 0.717) is 6.42 Å². The van der Waals surface area contributed by atoms with Crippen LogP contribution in [0.2, 0.25) is 5.02 Å². The predicted octanol–water partition coefficient (Wildman–Crippen LogP) is 4.41. The van der Waals surface area contributed by atoms with Crippen molar-refractivity contribution in [2.24, 2.45) is 5.73 Å². The van der Waals surface area contributed by atoms with Crippen molar-refractivity contribution in [2.75, 3.05) is 5.75 Å². The standard InChI is InChI=1S/C15H21ClFNS/c16-14-7-6-11(9-15(14)17)8-12(18)10-19-13-4-2-1-3-5-13/h6-7,9,12-13H,1-5,8,10,18H2. The van der Waals surface area contributed by atoms with Crippen LogP contribution in [-0.4, -0.2) is 17.0 Å². The van der Waals surface area contributed by atoms with E-state index in [1.54, 1.807) is 6.07 Å². The lowest BCUT2D eigenvalue weighted by molar-refractivity contribution is 0.515. The Morgan fingerprint density at radius 1 is 1.32 bits per heavy atom. The number of benzene rings is 1. The fourth-order valence-corrected chi connectivity index (χ4v) is 3.94. The number of hydrogen-bond acceptors (Lipinski definition) is 2. The first kappa shape index (κ1) is 15.1. The highest BCUT2D eigenvalue weighted by molar-refractivity contribution is 7.99. The van der Waals surface area contributed by atoms with Gasteiger partial charge in [0.1, 0.15) is 5.82 Å². The highest BCUT2D eigenvalue weighted by Gasteiger charge is 2.15. The summed E-state index contributed by atoms with van der Waals surface area (Å²) in [6, 6.07) is 5.05. The van der Waals surface area contributed by atoms with Crippen LogP contribution in [0.5, 0.6) is 0 Å². The first-order valence-corrected chi connectivity index (χ1v) is 8.39. The van der Waals surface area contributed by atoms with Crippen molar-refractivity contribution in [1.29, 1.82) is 0 Å². The van der Waals surface area contributed by atoms with Crippen molar-refractivity contribution in [1.82, 2.24) is 0 Å². The zero-order chi connectivity index (χ0) is 13.7. The van der Waals surface area contributed by atoms with E-state index in [0.717, 1.165) is 16.6 Å². The summed E-state index contributed by atoms with van der Waals surface area (Å²) in [7, 11) is 0. The summed E-state index contributed by atoms with van der Waals surface area (Å²) >= 11 is 7.66. The molecule has 2 rings (SSSR count). The van der Waals surface area contributed by atoms with Gasteiger partial charge in [0.05, 0.1) is 5.02 Å². The SMILES string of the molecule is NC(CSC1CCCCC1)Cc1ccc(Cl)c(F)c1. The fraction of sp³-hybridized carbons (Fsp3) is 0.600.